The monoisotopic (exact) mass is 430 g/mol. The van der Waals surface area contributed by atoms with Gasteiger partial charge in [0.15, 0.2) is 6.61 Å². The summed E-state index contributed by atoms with van der Waals surface area (Å²) in [5, 5.41) is 3.69. The van der Waals surface area contributed by atoms with E-state index in [4.69, 9.17) is 16.3 Å². The van der Waals surface area contributed by atoms with Gasteiger partial charge in [-0.2, -0.15) is 0 Å². The molecule has 1 aliphatic heterocycles. The van der Waals surface area contributed by atoms with Gasteiger partial charge in [0, 0.05) is 57.5 Å². The number of rotatable bonds is 8. The summed E-state index contributed by atoms with van der Waals surface area (Å²) in [5.41, 5.74) is 2.38. The minimum atomic E-state index is -0.131. The Kier molecular flexibility index (Phi) is 7.96. The molecule has 0 unspecified atom stereocenters. The molecule has 1 atom stereocenters. The molecule has 1 heterocycles. The van der Waals surface area contributed by atoms with Crippen LogP contribution >= 0.6 is 11.6 Å². The van der Waals surface area contributed by atoms with Crippen molar-refractivity contribution >= 4 is 23.2 Å². The van der Waals surface area contributed by atoms with Gasteiger partial charge in [-0.25, -0.2) is 0 Å². The molecule has 0 aromatic heterocycles. The number of amides is 1. The van der Waals surface area contributed by atoms with Gasteiger partial charge < -0.3 is 19.9 Å². The van der Waals surface area contributed by atoms with Crippen LogP contribution in [0.15, 0.2) is 48.5 Å². The van der Waals surface area contributed by atoms with Crippen molar-refractivity contribution < 1.29 is 9.53 Å². The summed E-state index contributed by atoms with van der Waals surface area (Å²) in [6.45, 7) is 4.55. The van der Waals surface area contributed by atoms with Gasteiger partial charge in [0.25, 0.3) is 5.91 Å². The minimum absolute atomic E-state index is 0.0172. The molecule has 0 bridgehead atoms. The number of carbonyl (C=O) groups is 1. The summed E-state index contributed by atoms with van der Waals surface area (Å²) >= 11 is 5.88. The molecule has 1 fully saturated rings. The van der Waals surface area contributed by atoms with Crippen LogP contribution in [0.25, 0.3) is 0 Å². The van der Waals surface area contributed by atoms with Crippen molar-refractivity contribution in [2.24, 2.45) is 0 Å². The van der Waals surface area contributed by atoms with E-state index in [1.54, 1.807) is 24.3 Å². The third-order valence-corrected chi connectivity index (χ3v) is 5.70. The molecule has 162 valence electrons. The topological polar surface area (TPSA) is 48.1 Å². The lowest BCUT2D eigenvalue weighted by atomic mass is 10.0. The highest BCUT2D eigenvalue weighted by atomic mass is 35.5. The van der Waals surface area contributed by atoms with E-state index in [0.29, 0.717) is 17.3 Å². The Hall–Kier alpha value is -2.28. The number of anilines is 1. The molecule has 1 amide bonds. The first-order valence-electron chi connectivity index (χ1n) is 10.3. The van der Waals surface area contributed by atoms with Crippen LogP contribution < -0.4 is 15.0 Å². The predicted molar refractivity (Wildman–Crippen MR) is 123 cm³/mol. The summed E-state index contributed by atoms with van der Waals surface area (Å²) < 4.78 is 5.57. The van der Waals surface area contributed by atoms with Crippen molar-refractivity contribution in [3.05, 3.63) is 59.1 Å². The van der Waals surface area contributed by atoms with E-state index in [1.807, 2.05) is 14.1 Å². The summed E-state index contributed by atoms with van der Waals surface area (Å²) in [6, 6.07) is 15.7. The van der Waals surface area contributed by atoms with Crippen LogP contribution in [0.1, 0.15) is 11.6 Å². The van der Waals surface area contributed by atoms with Crippen LogP contribution in [-0.2, 0) is 4.79 Å². The van der Waals surface area contributed by atoms with Crippen LogP contribution in [0.3, 0.4) is 0 Å². The zero-order valence-corrected chi connectivity index (χ0v) is 18.7. The number of halogens is 1. The maximum Gasteiger partial charge on any atom is 0.258 e. The molecule has 3 rings (SSSR count). The smallest absolute Gasteiger partial charge is 0.258 e. The molecule has 0 radical (unpaired) electrons. The van der Waals surface area contributed by atoms with Crippen LogP contribution in [0, 0.1) is 0 Å². The molecule has 2 aromatic rings. The lowest BCUT2D eigenvalue weighted by molar-refractivity contribution is -0.123. The van der Waals surface area contributed by atoms with Crippen LogP contribution in [-0.4, -0.2) is 76.2 Å². The van der Waals surface area contributed by atoms with E-state index in [9.17, 15) is 4.79 Å². The third kappa shape index (κ3) is 6.36. The fraction of sp³-hybridized carbons (Fsp3) is 0.435. The second-order valence-corrected chi connectivity index (χ2v) is 8.32. The summed E-state index contributed by atoms with van der Waals surface area (Å²) in [4.78, 5) is 19.3. The highest BCUT2D eigenvalue weighted by Crippen LogP contribution is 2.24. The molecule has 1 aliphatic rings. The largest absolute Gasteiger partial charge is 0.484 e. The van der Waals surface area contributed by atoms with E-state index in [-0.39, 0.29) is 18.6 Å². The maximum atomic E-state index is 12.4. The molecule has 1 N–H and O–H groups in total. The molecular formula is C23H31ClN4O2. The standard InChI is InChI=1S/C23H31ClN4O2/c1-26(2)20-8-4-18(5-9-20)22(28-14-12-27(3)13-15-28)16-25-23(29)17-30-21-10-6-19(24)7-11-21/h4-11,22H,12-17H2,1-3H3,(H,25,29)/t22-/m1/s1. The first kappa shape index (κ1) is 22.4. The quantitative estimate of drug-likeness (QED) is 0.697. The number of benzene rings is 2. The number of likely N-dealkylation sites (N-methyl/N-ethyl adjacent to an activating group) is 1. The number of hydrogen-bond donors (Lipinski definition) is 1. The number of piperazine rings is 1. The molecule has 0 spiro atoms. The molecule has 30 heavy (non-hydrogen) atoms. The Morgan fingerprint density at radius 3 is 2.30 bits per heavy atom. The number of nitrogens with one attached hydrogen (secondary N) is 1. The van der Waals surface area contributed by atoms with Crippen molar-refractivity contribution in [1.82, 2.24) is 15.1 Å². The number of carbonyl (C=O) groups excluding carboxylic acids is 1. The first-order chi connectivity index (χ1) is 14.4. The minimum Gasteiger partial charge on any atom is -0.484 e. The van der Waals surface area contributed by atoms with E-state index < -0.39 is 0 Å². The zero-order valence-electron chi connectivity index (χ0n) is 18.0. The van der Waals surface area contributed by atoms with Crippen LogP contribution in [0.4, 0.5) is 5.69 Å². The van der Waals surface area contributed by atoms with Crippen molar-refractivity contribution in [2.45, 2.75) is 6.04 Å². The van der Waals surface area contributed by atoms with Crippen molar-refractivity contribution in [1.29, 1.82) is 0 Å². The Morgan fingerprint density at radius 2 is 1.70 bits per heavy atom. The molecular weight excluding hydrogens is 400 g/mol. The first-order valence-corrected chi connectivity index (χ1v) is 10.6. The predicted octanol–water partition coefficient (Wildman–Crippen LogP) is 2.89. The Bertz CT molecular complexity index is 803. The van der Waals surface area contributed by atoms with Crippen molar-refractivity contribution in [3.8, 4) is 5.75 Å². The van der Waals surface area contributed by atoms with Gasteiger partial charge in [0.05, 0.1) is 6.04 Å². The molecule has 6 nitrogen and oxygen atoms in total. The van der Waals surface area contributed by atoms with Gasteiger partial charge in [-0.15, -0.1) is 0 Å². The van der Waals surface area contributed by atoms with E-state index in [0.717, 1.165) is 31.9 Å². The normalized spacial score (nSPS) is 16.1. The van der Waals surface area contributed by atoms with Gasteiger partial charge in [0.1, 0.15) is 5.75 Å². The zero-order chi connectivity index (χ0) is 21.5. The highest BCUT2D eigenvalue weighted by Gasteiger charge is 2.24. The fourth-order valence-corrected chi connectivity index (χ4v) is 3.65. The Labute approximate surface area is 184 Å². The number of ether oxygens (including phenoxy) is 1. The average Bonchev–Trinajstić information content (AvgIpc) is 2.75. The van der Waals surface area contributed by atoms with Gasteiger partial charge in [-0.1, -0.05) is 23.7 Å². The lowest BCUT2D eigenvalue weighted by Gasteiger charge is -2.38. The maximum absolute atomic E-state index is 12.4. The Morgan fingerprint density at radius 1 is 1.07 bits per heavy atom. The third-order valence-electron chi connectivity index (χ3n) is 5.45. The van der Waals surface area contributed by atoms with Gasteiger partial charge in [0.2, 0.25) is 0 Å². The molecule has 7 heteroatoms. The van der Waals surface area contributed by atoms with Crippen molar-refractivity contribution in [2.75, 3.05) is 65.4 Å². The average molecular weight is 431 g/mol. The van der Waals surface area contributed by atoms with Gasteiger partial charge in [-0.05, 0) is 49.0 Å². The summed E-state index contributed by atoms with van der Waals surface area (Å²) in [7, 11) is 6.22. The van der Waals surface area contributed by atoms with E-state index in [2.05, 4.69) is 51.3 Å². The number of hydrogen-bond acceptors (Lipinski definition) is 5. The molecule has 0 saturated carbocycles. The summed E-state index contributed by atoms with van der Waals surface area (Å²) in [6.07, 6.45) is 0. The highest BCUT2D eigenvalue weighted by molar-refractivity contribution is 6.30. The lowest BCUT2D eigenvalue weighted by Crippen LogP contribution is -2.48. The van der Waals surface area contributed by atoms with E-state index in [1.165, 1.54) is 5.56 Å². The second-order valence-electron chi connectivity index (χ2n) is 7.89. The molecule has 1 saturated heterocycles. The Balaban J connectivity index is 1.61. The van der Waals surface area contributed by atoms with Gasteiger partial charge in [-0.3, -0.25) is 9.69 Å². The second kappa shape index (κ2) is 10.7. The fourth-order valence-electron chi connectivity index (χ4n) is 3.53. The van der Waals surface area contributed by atoms with E-state index >= 15 is 0 Å². The van der Waals surface area contributed by atoms with Crippen LogP contribution in [0.5, 0.6) is 5.75 Å². The van der Waals surface area contributed by atoms with Crippen molar-refractivity contribution in [3.63, 3.8) is 0 Å². The van der Waals surface area contributed by atoms with Crippen LogP contribution in [0.2, 0.25) is 5.02 Å². The molecule has 0 aliphatic carbocycles. The molecule has 2 aromatic carbocycles. The number of nitrogens with zero attached hydrogens (tertiary/aromatic N) is 3. The summed E-state index contributed by atoms with van der Waals surface area (Å²) in [5.74, 6) is 0.499. The SMILES string of the molecule is CN1CCN([C@H](CNC(=O)COc2ccc(Cl)cc2)c2ccc(N(C)C)cc2)CC1. The van der Waals surface area contributed by atoms with Gasteiger partial charge >= 0.3 is 0 Å².